The van der Waals surface area contributed by atoms with Gasteiger partial charge in [-0.2, -0.15) is 0 Å². The molecule has 0 aromatic carbocycles. The van der Waals surface area contributed by atoms with E-state index in [4.69, 9.17) is 25.5 Å². The largest absolute Gasteiger partial charge is 0.479 e. The van der Waals surface area contributed by atoms with E-state index in [1.165, 1.54) is 0 Å². The van der Waals surface area contributed by atoms with Gasteiger partial charge in [-0.3, -0.25) is 4.79 Å². The van der Waals surface area contributed by atoms with Crippen molar-refractivity contribution in [2.45, 2.75) is 11.7 Å². The second-order valence-electron chi connectivity index (χ2n) is 2.40. The summed E-state index contributed by atoms with van der Waals surface area (Å²) in [6, 6.07) is 0. The van der Waals surface area contributed by atoms with Crippen molar-refractivity contribution < 1.29 is 35.1 Å². The first-order valence-electron chi connectivity index (χ1n) is 3.28. The van der Waals surface area contributed by atoms with Crippen LogP contribution in [0, 0.1) is 0 Å². The zero-order valence-electron chi connectivity index (χ0n) is 6.54. The van der Waals surface area contributed by atoms with Crippen LogP contribution in [0.4, 0.5) is 0 Å². The minimum absolute atomic E-state index is 1.17. The predicted octanol–water partition coefficient (Wildman–Crippen LogP) is -3.28. The van der Waals surface area contributed by atoms with Crippen molar-refractivity contribution in [2.75, 3.05) is 13.2 Å². The van der Waals surface area contributed by atoms with Crippen LogP contribution in [-0.4, -0.2) is 62.2 Å². The molecule has 0 saturated heterocycles. The number of carbonyl (C=O) groups is 2. The van der Waals surface area contributed by atoms with Gasteiger partial charge in [-0.1, -0.05) is 0 Å². The Morgan fingerprint density at radius 1 is 1.31 bits per heavy atom. The lowest BCUT2D eigenvalue weighted by atomic mass is 9.93. The maximum atomic E-state index is 10.7. The third kappa shape index (κ3) is 2.22. The summed E-state index contributed by atoms with van der Waals surface area (Å²) in [4.78, 5) is 20.9. The molecule has 0 aromatic heterocycles. The summed E-state index contributed by atoms with van der Waals surface area (Å²) in [5.74, 6) is -3.22. The molecule has 0 aliphatic rings. The molecule has 0 saturated carbocycles. The quantitative estimate of drug-likeness (QED) is 0.309. The van der Waals surface area contributed by atoms with Gasteiger partial charge in [0.25, 0.3) is 0 Å². The molecule has 0 aromatic rings. The van der Waals surface area contributed by atoms with Crippen molar-refractivity contribution in [2.24, 2.45) is 0 Å². The van der Waals surface area contributed by atoms with Crippen LogP contribution >= 0.6 is 0 Å². The number of carboxylic acid groups (broad SMARTS) is 1. The van der Waals surface area contributed by atoms with Gasteiger partial charge in [0.2, 0.25) is 0 Å². The fraction of sp³-hybridized carbons (Fsp3) is 0.667. The number of aliphatic hydroxyl groups is 4. The lowest BCUT2D eigenvalue weighted by Crippen LogP contribution is -2.56. The van der Waals surface area contributed by atoms with Crippen LogP contribution in [0.15, 0.2) is 0 Å². The van der Waals surface area contributed by atoms with E-state index < -0.39 is 36.7 Å². The van der Waals surface area contributed by atoms with Crippen molar-refractivity contribution in [3.8, 4) is 0 Å². The number of hydrogen-bond acceptors (Lipinski definition) is 6. The zero-order chi connectivity index (χ0) is 10.6. The second kappa shape index (κ2) is 4.28. The Hall–Kier alpha value is -1.02. The van der Waals surface area contributed by atoms with Crippen LogP contribution < -0.4 is 0 Å². The molecule has 0 bridgehead atoms. The van der Waals surface area contributed by atoms with E-state index in [1.54, 1.807) is 0 Å². The number of carboxylic acids is 1. The van der Waals surface area contributed by atoms with Crippen molar-refractivity contribution >= 4 is 11.8 Å². The van der Waals surface area contributed by atoms with Crippen molar-refractivity contribution in [1.29, 1.82) is 0 Å². The Kier molecular flexibility index (Phi) is 3.95. The number of rotatable bonds is 5. The van der Waals surface area contributed by atoms with E-state index in [1.807, 2.05) is 0 Å². The van der Waals surface area contributed by atoms with Crippen LogP contribution in [0.2, 0.25) is 0 Å². The lowest BCUT2D eigenvalue weighted by molar-refractivity contribution is -0.177. The van der Waals surface area contributed by atoms with Gasteiger partial charge >= 0.3 is 5.97 Å². The number of aliphatic carboxylic acids is 1. The molecular formula is C6H10O7. The van der Waals surface area contributed by atoms with Crippen LogP contribution in [-0.2, 0) is 9.59 Å². The molecule has 0 spiro atoms. The van der Waals surface area contributed by atoms with Crippen molar-refractivity contribution in [3.63, 3.8) is 0 Å². The Bertz CT molecular complexity index is 213. The summed E-state index contributed by atoms with van der Waals surface area (Å²) in [6.07, 6.45) is -2.46. The maximum Gasteiger partial charge on any atom is 0.336 e. The Morgan fingerprint density at radius 3 is 2.00 bits per heavy atom. The van der Waals surface area contributed by atoms with Gasteiger partial charge in [-0.15, -0.1) is 0 Å². The second-order valence-corrected chi connectivity index (χ2v) is 2.40. The topological polar surface area (TPSA) is 135 Å². The molecule has 0 heterocycles. The molecule has 5 N–H and O–H groups in total. The van der Waals surface area contributed by atoms with E-state index >= 15 is 0 Å². The number of Topliss-reactive ketones (excluding diaryl/α,β-unsaturated/α-hetero) is 1. The monoisotopic (exact) mass is 194 g/mol. The highest BCUT2D eigenvalue weighted by Gasteiger charge is 2.46. The fourth-order valence-electron chi connectivity index (χ4n) is 0.668. The first kappa shape index (κ1) is 12.0. The SMILES string of the molecule is O=C(O)C(O)C(O)(CO)C(=O)CO. The molecule has 7 nitrogen and oxygen atoms in total. The summed E-state index contributed by atoms with van der Waals surface area (Å²) in [5.41, 5.74) is -2.85. The number of carbonyl (C=O) groups excluding carboxylic acids is 1. The Balaban J connectivity index is 4.82. The molecule has 0 aliphatic carbocycles. The first-order valence-corrected chi connectivity index (χ1v) is 3.28. The molecule has 76 valence electrons. The Morgan fingerprint density at radius 2 is 1.77 bits per heavy atom. The first-order chi connectivity index (χ1) is 5.90. The summed E-state index contributed by atoms with van der Waals surface area (Å²) >= 11 is 0. The molecule has 2 atom stereocenters. The van der Waals surface area contributed by atoms with Gasteiger partial charge in [0, 0.05) is 0 Å². The van der Waals surface area contributed by atoms with Crippen LogP contribution in [0.1, 0.15) is 0 Å². The predicted molar refractivity (Wildman–Crippen MR) is 37.8 cm³/mol. The van der Waals surface area contributed by atoms with Crippen molar-refractivity contribution in [1.82, 2.24) is 0 Å². The highest BCUT2D eigenvalue weighted by atomic mass is 16.4. The Labute approximate surface area is 72.9 Å². The molecule has 0 amide bonds. The summed E-state index contributed by atoms with van der Waals surface area (Å²) in [7, 11) is 0. The van der Waals surface area contributed by atoms with Crippen LogP contribution in [0.5, 0.6) is 0 Å². The van der Waals surface area contributed by atoms with Crippen LogP contribution in [0.25, 0.3) is 0 Å². The standard InChI is InChI=1S/C6H10O7/c7-1-3(9)6(13,2-8)4(10)5(11)12/h4,7-8,10,13H,1-2H2,(H,11,12). The van der Waals surface area contributed by atoms with Crippen molar-refractivity contribution in [3.05, 3.63) is 0 Å². The van der Waals surface area contributed by atoms with E-state index in [0.717, 1.165) is 0 Å². The normalized spacial score (nSPS) is 17.5. The van der Waals surface area contributed by atoms with E-state index in [-0.39, 0.29) is 0 Å². The third-order valence-corrected chi connectivity index (χ3v) is 1.55. The number of aliphatic hydroxyl groups excluding tert-OH is 3. The summed E-state index contributed by atoms with van der Waals surface area (Å²) in [6.45, 7) is -2.44. The molecule has 0 radical (unpaired) electrons. The minimum atomic E-state index is -2.85. The zero-order valence-corrected chi connectivity index (χ0v) is 6.54. The lowest BCUT2D eigenvalue weighted by Gasteiger charge is -2.25. The number of ketones is 1. The molecule has 0 fully saturated rings. The van der Waals surface area contributed by atoms with E-state index in [2.05, 4.69) is 0 Å². The average Bonchev–Trinajstić information content (AvgIpc) is 2.13. The van der Waals surface area contributed by atoms with Gasteiger partial charge in [0.15, 0.2) is 17.5 Å². The van der Waals surface area contributed by atoms with E-state index in [0.29, 0.717) is 0 Å². The minimum Gasteiger partial charge on any atom is -0.479 e. The average molecular weight is 194 g/mol. The fourth-order valence-corrected chi connectivity index (χ4v) is 0.668. The molecule has 0 aliphatic heterocycles. The summed E-state index contributed by atoms with van der Waals surface area (Å²) in [5, 5.41) is 43.0. The van der Waals surface area contributed by atoms with Gasteiger partial charge in [-0.25, -0.2) is 4.79 Å². The van der Waals surface area contributed by atoms with Gasteiger partial charge in [0.1, 0.15) is 6.61 Å². The van der Waals surface area contributed by atoms with Gasteiger partial charge in [-0.05, 0) is 0 Å². The highest BCUT2D eigenvalue weighted by molar-refractivity contribution is 5.94. The highest BCUT2D eigenvalue weighted by Crippen LogP contribution is 2.11. The molecule has 2 unspecified atom stereocenters. The molecule has 7 heteroatoms. The van der Waals surface area contributed by atoms with E-state index in [9.17, 15) is 9.59 Å². The summed E-state index contributed by atoms with van der Waals surface area (Å²) < 4.78 is 0. The molecule has 0 rings (SSSR count). The molecular weight excluding hydrogens is 184 g/mol. The maximum absolute atomic E-state index is 10.7. The van der Waals surface area contributed by atoms with Gasteiger partial charge < -0.3 is 25.5 Å². The number of hydrogen-bond donors (Lipinski definition) is 5. The smallest absolute Gasteiger partial charge is 0.336 e. The van der Waals surface area contributed by atoms with Gasteiger partial charge in [0.05, 0.1) is 6.61 Å². The third-order valence-electron chi connectivity index (χ3n) is 1.55. The van der Waals surface area contributed by atoms with Crippen LogP contribution in [0.3, 0.4) is 0 Å². The molecule has 13 heavy (non-hydrogen) atoms.